The van der Waals surface area contributed by atoms with Crippen LogP contribution in [0.5, 0.6) is 0 Å². The Hall–Kier alpha value is -5.28. The second kappa shape index (κ2) is 17.7. The van der Waals surface area contributed by atoms with Crippen LogP contribution >= 0.6 is 0 Å². The summed E-state index contributed by atoms with van der Waals surface area (Å²) in [7, 11) is 0. The monoisotopic (exact) mass is 752 g/mol. The van der Waals surface area contributed by atoms with Gasteiger partial charge in [-0.2, -0.15) is 13.2 Å². The van der Waals surface area contributed by atoms with E-state index < -0.39 is 47.0 Å². The van der Waals surface area contributed by atoms with Crippen LogP contribution in [0.2, 0.25) is 0 Å². The summed E-state index contributed by atoms with van der Waals surface area (Å²) in [5.74, 6) is -1.71. The number of amides is 1. The van der Waals surface area contributed by atoms with E-state index in [0.29, 0.717) is 63.4 Å². The van der Waals surface area contributed by atoms with E-state index in [0.717, 1.165) is 32.9 Å². The SMILES string of the molecule is CCOC(=O)CCCNC(=O)c1cccc(CN2CCN(c3c(C)n(Cc4c(F)cccc4C(F)(F)F)c(=O)n(C[C@@H](N)c4ccccc4)c3=O)CC2)c1. The molecule has 3 N–H and O–H groups in total. The first-order chi connectivity index (χ1) is 25.8. The van der Waals surface area contributed by atoms with E-state index in [4.69, 9.17) is 10.5 Å². The van der Waals surface area contributed by atoms with Crippen LogP contribution in [0.1, 0.15) is 64.1 Å². The molecule has 15 heteroatoms. The molecule has 1 aliphatic rings. The molecule has 11 nitrogen and oxygen atoms in total. The number of ether oxygens (including phenoxy) is 1. The highest BCUT2D eigenvalue weighted by Crippen LogP contribution is 2.33. The minimum Gasteiger partial charge on any atom is -0.466 e. The predicted molar refractivity (Wildman–Crippen MR) is 196 cm³/mol. The number of alkyl halides is 3. The molecule has 0 unspecified atom stereocenters. The van der Waals surface area contributed by atoms with Gasteiger partial charge in [-0.25, -0.2) is 9.18 Å². The molecule has 4 aromatic rings. The average Bonchev–Trinajstić information content (AvgIpc) is 3.15. The largest absolute Gasteiger partial charge is 0.466 e. The number of carbonyl (C=O) groups is 2. The van der Waals surface area contributed by atoms with Crippen LogP contribution in [0.3, 0.4) is 0 Å². The first-order valence-corrected chi connectivity index (χ1v) is 17.8. The molecule has 1 atom stereocenters. The summed E-state index contributed by atoms with van der Waals surface area (Å²) in [6, 6.07) is 17.8. The van der Waals surface area contributed by atoms with Gasteiger partial charge >= 0.3 is 17.8 Å². The van der Waals surface area contributed by atoms with Gasteiger partial charge in [0.2, 0.25) is 0 Å². The number of hydrogen-bond acceptors (Lipinski definition) is 8. The molecule has 2 heterocycles. The number of piperazine rings is 1. The molecule has 0 saturated carbocycles. The van der Waals surface area contributed by atoms with Crippen molar-refractivity contribution in [2.45, 2.75) is 58.5 Å². The maximum absolute atomic E-state index is 15.0. The zero-order chi connectivity index (χ0) is 39.0. The highest BCUT2D eigenvalue weighted by Gasteiger charge is 2.35. The number of carbonyl (C=O) groups excluding carboxylic acids is 2. The van der Waals surface area contributed by atoms with E-state index in [1.807, 2.05) is 6.07 Å². The Morgan fingerprint density at radius 1 is 0.926 bits per heavy atom. The van der Waals surface area contributed by atoms with E-state index in [2.05, 4.69) is 10.2 Å². The summed E-state index contributed by atoms with van der Waals surface area (Å²) in [6.45, 7) is 4.97. The van der Waals surface area contributed by atoms with Gasteiger partial charge in [-0.1, -0.05) is 48.5 Å². The molecule has 0 spiro atoms. The Labute approximate surface area is 309 Å². The summed E-state index contributed by atoms with van der Waals surface area (Å²) in [5.41, 5.74) is 5.21. The van der Waals surface area contributed by atoms with Crippen LogP contribution in [-0.4, -0.2) is 65.2 Å². The second-order valence-corrected chi connectivity index (χ2v) is 13.1. The molecule has 1 aliphatic heterocycles. The van der Waals surface area contributed by atoms with Crippen LogP contribution in [0.4, 0.5) is 23.2 Å². The number of nitrogens with two attached hydrogens (primary N) is 1. The lowest BCUT2D eigenvalue weighted by Gasteiger charge is -2.37. The van der Waals surface area contributed by atoms with Crippen molar-refractivity contribution in [2.75, 3.05) is 44.2 Å². The number of esters is 1. The zero-order valence-corrected chi connectivity index (χ0v) is 30.2. The van der Waals surface area contributed by atoms with Gasteiger partial charge in [0, 0.05) is 68.6 Å². The number of nitrogens with zero attached hydrogens (tertiary/aromatic N) is 4. The lowest BCUT2D eigenvalue weighted by atomic mass is 10.1. The summed E-state index contributed by atoms with van der Waals surface area (Å²) in [5, 5.41) is 2.82. The van der Waals surface area contributed by atoms with Crippen molar-refractivity contribution in [3.05, 3.63) is 133 Å². The highest BCUT2D eigenvalue weighted by atomic mass is 19.4. The molecule has 3 aromatic carbocycles. The van der Waals surface area contributed by atoms with Crippen molar-refractivity contribution in [3.63, 3.8) is 0 Å². The van der Waals surface area contributed by atoms with E-state index in [-0.39, 0.29) is 36.2 Å². The summed E-state index contributed by atoms with van der Waals surface area (Å²) in [4.78, 5) is 56.3. The van der Waals surface area contributed by atoms with Crippen molar-refractivity contribution < 1.29 is 31.9 Å². The Balaban J connectivity index is 1.37. The first kappa shape index (κ1) is 39.9. The molecular weight excluding hydrogens is 708 g/mol. The minimum absolute atomic E-state index is 0.111. The van der Waals surface area contributed by atoms with Gasteiger partial charge in [0.25, 0.3) is 11.5 Å². The van der Waals surface area contributed by atoms with Gasteiger partial charge in [0.1, 0.15) is 11.5 Å². The van der Waals surface area contributed by atoms with Gasteiger partial charge in [-0.15, -0.1) is 0 Å². The Bertz CT molecular complexity index is 2060. The highest BCUT2D eigenvalue weighted by molar-refractivity contribution is 5.94. The van der Waals surface area contributed by atoms with Crippen molar-refractivity contribution >= 4 is 17.6 Å². The lowest BCUT2D eigenvalue weighted by molar-refractivity contribution is -0.143. The zero-order valence-electron chi connectivity index (χ0n) is 30.2. The molecule has 1 aromatic heterocycles. The van der Waals surface area contributed by atoms with Gasteiger partial charge in [0.15, 0.2) is 0 Å². The van der Waals surface area contributed by atoms with Crippen molar-refractivity contribution in [2.24, 2.45) is 5.73 Å². The lowest BCUT2D eigenvalue weighted by Crippen LogP contribution is -2.51. The van der Waals surface area contributed by atoms with Crippen molar-refractivity contribution in [1.82, 2.24) is 19.4 Å². The minimum atomic E-state index is -4.88. The summed E-state index contributed by atoms with van der Waals surface area (Å²) in [6.07, 6.45) is -4.22. The Morgan fingerprint density at radius 2 is 1.63 bits per heavy atom. The number of rotatable bonds is 14. The number of benzene rings is 3. The quantitative estimate of drug-likeness (QED) is 0.109. The van der Waals surface area contributed by atoms with Crippen LogP contribution in [-0.2, 0) is 35.3 Å². The van der Waals surface area contributed by atoms with Gasteiger partial charge in [-0.3, -0.25) is 28.4 Å². The molecule has 0 radical (unpaired) electrons. The van der Waals surface area contributed by atoms with E-state index in [9.17, 15) is 32.3 Å². The number of nitrogens with one attached hydrogen (secondary N) is 1. The molecule has 1 saturated heterocycles. The number of halogens is 4. The molecule has 5 rings (SSSR count). The standard InChI is InChI=1S/C39H44F4N6O5/c1-3-54-34(50)16-9-17-45-36(51)29-13-7-10-27(22-29)23-46-18-20-47(21-19-46)35-26(2)48(24-30-31(39(41,42)43)14-8-15-32(30)40)38(53)49(37(35)52)25-33(44)28-11-5-4-6-12-28/h4-8,10-15,22,33H,3,9,16-21,23-25,44H2,1-2H3,(H,45,51)/t33-/m1/s1. The van der Waals surface area contributed by atoms with Crippen LogP contribution in [0.25, 0.3) is 0 Å². The molecule has 54 heavy (non-hydrogen) atoms. The third-order valence-electron chi connectivity index (χ3n) is 9.44. The van der Waals surface area contributed by atoms with E-state index >= 15 is 4.39 Å². The summed E-state index contributed by atoms with van der Waals surface area (Å²) >= 11 is 0. The predicted octanol–water partition coefficient (Wildman–Crippen LogP) is 4.62. The maximum Gasteiger partial charge on any atom is 0.416 e. The molecule has 0 bridgehead atoms. The number of anilines is 1. The normalized spacial score (nSPS) is 14.2. The molecule has 288 valence electrons. The molecule has 1 fully saturated rings. The van der Waals surface area contributed by atoms with E-state index in [1.54, 1.807) is 60.4 Å². The van der Waals surface area contributed by atoms with Crippen LogP contribution in [0.15, 0.2) is 82.4 Å². The number of aromatic nitrogens is 2. The number of hydrogen-bond donors (Lipinski definition) is 2. The topological polar surface area (TPSA) is 132 Å². The van der Waals surface area contributed by atoms with Crippen LogP contribution in [0, 0.1) is 12.7 Å². The maximum atomic E-state index is 15.0. The fourth-order valence-electron chi connectivity index (χ4n) is 6.61. The van der Waals surface area contributed by atoms with Gasteiger partial charge in [-0.05, 0) is 55.7 Å². The second-order valence-electron chi connectivity index (χ2n) is 13.1. The Kier molecular flexibility index (Phi) is 13.1. The van der Waals surface area contributed by atoms with Crippen LogP contribution < -0.4 is 27.2 Å². The Morgan fingerprint density at radius 3 is 2.31 bits per heavy atom. The van der Waals surface area contributed by atoms with E-state index in [1.165, 1.54) is 6.92 Å². The smallest absolute Gasteiger partial charge is 0.416 e. The summed E-state index contributed by atoms with van der Waals surface area (Å²) < 4.78 is 63.9. The fourth-order valence-corrected chi connectivity index (χ4v) is 6.61. The first-order valence-electron chi connectivity index (χ1n) is 17.8. The van der Waals surface area contributed by atoms with Gasteiger partial charge < -0.3 is 20.7 Å². The van der Waals surface area contributed by atoms with Crippen molar-refractivity contribution in [3.8, 4) is 0 Å². The van der Waals surface area contributed by atoms with Gasteiger partial charge in [0.05, 0.1) is 25.3 Å². The fraction of sp³-hybridized carbons (Fsp3) is 0.385. The third-order valence-corrected chi connectivity index (χ3v) is 9.44. The average molecular weight is 753 g/mol. The molecular formula is C39H44F4N6O5. The van der Waals surface area contributed by atoms with Crippen molar-refractivity contribution in [1.29, 1.82) is 0 Å². The molecule has 1 amide bonds. The third kappa shape index (κ3) is 9.63. The molecule has 0 aliphatic carbocycles.